The van der Waals surface area contributed by atoms with Crippen molar-refractivity contribution in [1.29, 1.82) is 0 Å². The lowest BCUT2D eigenvalue weighted by atomic mass is 10.1. The van der Waals surface area contributed by atoms with Crippen LogP contribution in [0.5, 0.6) is 5.75 Å². The van der Waals surface area contributed by atoms with E-state index >= 15 is 0 Å². The number of amides is 1. The molecule has 0 saturated carbocycles. The molecular weight excluding hydrogens is 238 g/mol. The summed E-state index contributed by atoms with van der Waals surface area (Å²) in [6.45, 7) is 5.05. The Hall–Kier alpha value is -1.51. The third-order valence-electron chi connectivity index (χ3n) is 2.96. The molecule has 1 N–H and O–H groups in total. The van der Waals surface area contributed by atoms with Gasteiger partial charge in [0, 0.05) is 6.54 Å². The number of rotatable bonds is 9. The average molecular weight is 263 g/mol. The van der Waals surface area contributed by atoms with Crippen LogP contribution < -0.4 is 10.1 Å². The van der Waals surface area contributed by atoms with Crippen molar-refractivity contribution < 1.29 is 9.53 Å². The van der Waals surface area contributed by atoms with Gasteiger partial charge >= 0.3 is 0 Å². The summed E-state index contributed by atoms with van der Waals surface area (Å²) in [7, 11) is 0. The summed E-state index contributed by atoms with van der Waals surface area (Å²) in [4.78, 5) is 11.6. The molecule has 0 heterocycles. The number of ether oxygens (including phenoxy) is 1. The molecule has 0 saturated heterocycles. The highest BCUT2D eigenvalue weighted by molar-refractivity contribution is 5.77. The minimum atomic E-state index is -0.0444. The van der Waals surface area contributed by atoms with Crippen LogP contribution in [0.25, 0.3) is 0 Å². The lowest BCUT2D eigenvalue weighted by Gasteiger charge is -2.08. The Morgan fingerprint density at radius 2 is 2.00 bits per heavy atom. The highest BCUT2D eigenvalue weighted by Gasteiger charge is 2.02. The summed E-state index contributed by atoms with van der Waals surface area (Å²) in [6, 6.07) is 7.72. The maximum absolute atomic E-state index is 11.6. The van der Waals surface area contributed by atoms with Gasteiger partial charge in [-0.1, -0.05) is 44.7 Å². The first-order chi connectivity index (χ1) is 9.22. The highest BCUT2D eigenvalue weighted by Crippen LogP contribution is 2.11. The zero-order chi connectivity index (χ0) is 13.9. The van der Waals surface area contributed by atoms with Crippen LogP contribution in [0.2, 0.25) is 0 Å². The quantitative estimate of drug-likeness (QED) is 0.693. The first-order valence-corrected chi connectivity index (χ1v) is 7.18. The molecule has 0 bridgehead atoms. The van der Waals surface area contributed by atoms with Crippen LogP contribution in [0.15, 0.2) is 24.3 Å². The normalized spacial score (nSPS) is 10.2. The van der Waals surface area contributed by atoms with Crippen molar-refractivity contribution in [1.82, 2.24) is 5.32 Å². The van der Waals surface area contributed by atoms with Gasteiger partial charge in [0.2, 0.25) is 0 Å². The summed E-state index contributed by atoms with van der Waals surface area (Å²) in [5.41, 5.74) is 1.13. The van der Waals surface area contributed by atoms with Crippen LogP contribution >= 0.6 is 0 Å². The molecule has 106 valence electrons. The molecule has 3 nitrogen and oxygen atoms in total. The molecule has 1 aromatic rings. The monoisotopic (exact) mass is 263 g/mol. The zero-order valence-electron chi connectivity index (χ0n) is 12.1. The Kier molecular flexibility index (Phi) is 7.71. The van der Waals surface area contributed by atoms with E-state index in [0.29, 0.717) is 0 Å². The Bertz CT molecular complexity index is 377. The second-order valence-corrected chi connectivity index (χ2v) is 4.87. The van der Waals surface area contributed by atoms with Gasteiger partial charge in [0.15, 0.2) is 6.61 Å². The van der Waals surface area contributed by atoms with E-state index in [-0.39, 0.29) is 12.5 Å². The number of benzene rings is 1. The molecule has 0 fully saturated rings. The molecule has 0 aliphatic rings. The van der Waals surface area contributed by atoms with Crippen molar-refractivity contribution in [2.75, 3.05) is 13.2 Å². The van der Waals surface area contributed by atoms with Gasteiger partial charge in [0.05, 0.1) is 0 Å². The summed E-state index contributed by atoms with van der Waals surface area (Å²) in [6.07, 6.45) is 6.02. The van der Waals surface area contributed by atoms with E-state index in [4.69, 9.17) is 4.74 Å². The molecular formula is C16H25NO2. The van der Waals surface area contributed by atoms with Gasteiger partial charge in [-0.3, -0.25) is 4.79 Å². The molecule has 1 aromatic carbocycles. The fraction of sp³-hybridized carbons (Fsp3) is 0.562. The smallest absolute Gasteiger partial charge is 0.257 e. The van der Waals surface area contributed by atoms with Gasteiger partial charge in [-0.15, -0.1) is 0 Å². The largest absolute Gasteiger partial charge is 0.484 e. The number of carbonyl (C=O) groups is 1. The topological polar surface area (TPSA) is 38.3 Å². The van der Waals surface area contributed by atoms with Gasteiger partial charge in [-0.2, -0.15) is 0 Å². The highest BCUT2D eigenvalue weighted by atomic mass is 16.5. The van der Waals surface area contributed by atoms with E-state index in [0.717, 1.165) is 24.3 Å². The molecule has 0 unspecified atom stereocenters. The first kappa shape index (κ1) is 15.5. The van der Waals surface area contributed by atoms with E-state index in [1.807, 2.05) is 31.2 Å². The van der Waals surface area contributed by atoms with Crippen molar-refractivity contribution >= 4 is 5.91 Å². The number of hydrogen-bond donors (Lipinski definition) is 1. The molecule has 0 spiro atoms. The Morgan fingerprint density at radius 1 is 1.21 bits per heavy atom. The van der Waals surface area contributed by atoms with E-state index in [2.05, 4.69) is 12.2 Å². The molecule has 0 aromatic heterocycles. The van der Waals surface area contributed by atoms with Crippen LogP contribution in [-0.4, -0.2) is 19.1 Å². The lowest BCUT2D eigenvalue weighted by Crippen LogP contribution is -2.29. The van der Waals surface area contributed by atoms with Crippen molar-refractivity contribution in [2.24, 2.45) is 0 Å². The minimum Gasteiger partial charge on any atom is -0.484 e. The first-order valence-electron chi connectivity index (χ1n) is 7.18. The van der Waals surface area contributed by atoms with E-state index in [1.165, 1.54) is 25.7 Å². The molecule has 0 aliphatic heterocycles. The predicted octanol–water partition coefficient (Wildman–Crippen LogP) is 3.46. The summed E-state index contributed by atoms with van der Waals surface area (Å²) < 4.78 is 5.43. The van der Waals surface area contributed by atoms with Crippen LogP contribution in [-0.2, 0) is 4.79 Å². The predicted molar refractivity (Wildman–Crippen MR) is 78.4 cm³/mol. The second kappa shape index (κ2) is 9.42. The summed E-state index contributed by atoms with van der Waals surface area (Å²) >= 11 is 0. The number of nitrogens with one attached hydrogen (secondary N) is 1. The number of carbonyl (C=O) groups excluding carboxylic acids is 1. The maximum atomic E-state index is 11.6. The SMILES string of the molecule is CCCCCCCNC(=O)COc1cccc(C)c1. The standard InChI is InChI=1S/C16H25NO2/c1-3-4-5-6-7-11-17-16(18)13-19-15-10-8-9-14(2)12-15/h8-10,12H,3-7,11,13H2,1-2H3,(H,17,18). The fourth-order valence-corrected chi connectivity index (χ4v) is 1.86. The summed E-state index contributed by atoms with van der Waals surface area (Å²) in [5, 5.41) is 2.88. The van der Waals surface area contributed by atoms with Crippen molar-refractivity contribution in [3.8, 4) is 5.75 Å². The van der Waals surface area contributed by atoms with Crippen LogP contribution in [0, 0.1) is 6.92 Å². The van der Waals surface area contributed by atoms with Gasteiger partial charge in [-0.05, 0) is 31.0 Å². The third kappa shape index (κ3) is 7.50. The fourth-order valence-electron chi connectivity index (χ4n) is 1.86. The van der Waals surface area contributed by atoms with Crippen molar-refractivity contribution in [2.45, 2.75) is 46.0 Å². The molecule has 0 atom stereocenters. The molecule has 0 radical (unpaired) electrons. The molecule has 19 heavy (non-hydrogen) atoms. The Morgan fingerprint density at radius 3 is 2.74 bits per heavy atom. The Labute approximate surface area is 116 Å². The molecule has 1 rings (SSSR count). The molecule has 1 amide bonds. The number of unbranched alkanes of at least 4 members (excludes halogenated alkanes) is 4. The van der Waals surface area contributed by atoms with Gasteiger partial charge in [0.25, 0.3) is 5.91 Å². The van der Waals surface area contributed by atoms with Crippen LogP contribution in [0.1, 0.15) is 44.6 Å². The van der Waals surface area contributed by atoms with Crippen LogP contribution in [0.4, 0.5) is 0 Å². The van der Waals surface area contributed by atoms with Crippen molar-refractivity contribution in [3.63, 3.8) is 0 Å². The third-order valence-corrected chi connectivity index (χ3v) is 2.96. The van der Waals surface area contributed by atoms with Crippen molar-refractivity contribution in [3.05, 3.63) is 29.8 Å². The van der Waals surface area contributed by atoms with Gasteiger partial charge in [-0.25, -0.2) is 0 Å². The summed E-state index contributed by atoms with van der Waals surface area (Å²) in [5.74, 6) is 0.704. The van der Waals surface area contributed by atoms with Gasteiger partial charge in [0.1, 0.15) is 5.75 Å². The lowest BCUT2D eigenvalue weighted by molar-refractivity contribution is -0.123. The Balaban J connectivity index is 2.08. The minimum absolute atomic E-state index is 0.0444. The van der Waals surface area contributed by atoms with E-state index < -0.39 is 0 Å². The van der Waals surface area contributed by atoms with Gasteiger partial charge < -0.3 is 10.1 Å². The maximum Gasteiger partial charge on any atom is 0.257 e. The molecule has 0 aliphatic carbocycles. The molecule has 3 heteroatoms. The average Bonchev–Trinajstić information content (AvgIpc) is 2.40. The van der Waals surface area contributed by atoms with E-state index in [9.17, 15) is 4.79 Å². The van der Waals surface area contributed by atoms with Crippen LogP contribution in [0.3, 0.4) is 0 Å². The number of hydrogen-bond acceptors (Lipinski definition) is 2. The second-order valence-electron chi connectivity index (χ2n) is 4.87. The number of aryl methyl sites for hydroxylation is 1. The van der Waals surface area contributed by atoms with E-state index in [1.54, 1.807) is 0 Å². The zero-order valence-corrected chi connectivity index (χ0v) is 12.1.